The fourth-order valence-corrected chi connectivity index (χ4v) is 3.43. The fourth-order valence-electron chi connectivity index (χ4n) is 2.92. The molecule has 3 rings (SSSR count). The maximum atomic E-state index is 13.7. The third kappa shape index (κ3) is 2.92. The number of benzene rings is 1. The topological polar surface area (TPSA) is 41.6 Å². The minimum absolute atomic E-state index is 0.0437. The fraction of sp³-hybridized carbons (Fsp3) is 0.533. The summed E-state index contributed by atoms with van der Waals surface area (Å²) in [6.45, 7) is 1.52. The van der Waals surface area contributed by atoms with E-state index in [0.717, 1.165) is 43.2 Å². The van der Waals surface area contributed by atoms with Crippen molar-refractivity contribution in [2.45, 2.75) is 29.8 Å². The third-order valence-corrected chi connectivity index (χ3v) is 5.05. The van der Waals surface area contributed by atoms with Gasteiger partial charge in [-0.2, -0.15) is 0 Å². The first kappa shape index (κ1) is 15.6. The van der Waals surface area contributed by atoms with Crippen LogP contribution in [0.1, 0.15) is 19.3 Å². The maximum absolute atomic E-state index is 13.7. The molecular weight excluding hydrogens is 310 g/mol. The zero-order chi connectivity index (χ0) is 15.7. The Labute approximate surface area is 132 Å². The first-order valence-electron chi connectivity index (χ1n) is 7.26. The lowest BCUT2D eigenvalue weighted by Crippen LogP contribution is -2.57. The van der Waals surface area contributed by atoms with Crippen LogP contribution in [0.4, 0.5) is 19.3 Å². The van der Waals surface area contributed by atoms with Gasteiger partial charge in [-0.25, -0.2) is 13.6 Å². The Balaban J connectivity index is 1.69. The van der Waals surface area contributed by atoms with Gasteiger partial charge >= 0.3 is 6.03 Å². The molecule has 1 N–H and O–H groups in total. The molecular formula is C15H18F2N2O2S. The second-order valence-electron chi connectivity index (χ2n) is 5.71. The van der Waals surface area contributed by atoms with Crippen molar-refractivity contribution >= 4 is 23.5 Å². The average molecular weight is 328 g/mol. The number of ether oxygens (including phenoxy) is 1. The van der Waals surface area contributed by atoms with Crippen molar-refractivity contribution in [3.8, 4) is 0 Å². The molecule has 0 atom stereocenters. The Bertz CT molecular complexity index is 570. The van der Waals surface area contributed by atoms with Crippen LogP contribution in [0.2, 0.25) is 0 Å². The lowest BCUT2D eigenvalue weighted by atomic mass is 9.79. The van der Waals surface area contributed by atoms with Gasteiger partial charge in [0.15, 0.2) is 0 Å². The van der Waals surface area contributed by atoms with Crippen LogP contribution in [0.3, 0.4) is 0 Å². The summed E-state index contributed by atoms with van der Waals surface area (Å²) >= 11 is 0.998. The van der Waals surface area contributed by atoms with E-state index in [9.17, 15) is 13.6 Å². The standard InChI is InChI=1S/C15H18F2N2O2S/c1-22-13-11(16)7-10(8-12(13)17)18-14(20)19-5-6-21-15(9-19)3-2-4-15/h7-8H,2-6,9H2,1H3,(H,18,20). The molecule has 1 aromatic rings. The van der Waals surface area contributed by atoms with Gasteiger partial charge in [-0.05, 0) is 37.7 Å². The van der Waals surface area contributed by atoms with Gasteiger partial charge < -0.3 is 15.0 Å². The van der Waals surface area contributed by atoms with Gasteiger partial charge in [0.1, 0.15) is 11.6 Å². The number of morpholine rings is 1. The Morgan fingerprint density at radius 1 is 1.36 bits per heavy atom. The molecule has 1 saturated heterocycles. The zero-order valence-electron chi connectivity index (χ0n) is 12.3. The number of halogens is 2. The van der Waals surface area contributed by atoms with E-state index >= 15 is 0 Å². The highest BCUT2D eigenvalue weighted by Gasteiger charge is 2.43. The second kappa shape index (κ2) is 6.04. The monoisotopic (exact) mass is 328 g/mol. The molecule has 0 radical (unpaired) electrons. The van der Waals surface area contributed by atoms with E-state index in [2.05, 4.69) is 5.32 Å². The molecule has 1 aromatic carbocycles. The van der Waals surface area contributed by atoms with Crippen molar-refractivity contribution in [1.29, 1.82) is 0 Å². The second-order valence-corrected chi connectivity index (χ2v) is 6.53. The Hall–Kier alpha value is -1.34. The van der Waals surface area contributed by atoms with Gasteiger partial charge in [-0.15, -0.1) is 11.8 Å². The summed E-state index contributed by atoms with van der Waals surface area (Å²) in [5, 5.41) is 2.57. The smallest absolute Gasteiger partial charge is 0.322 e. The van der Waals surface area contributed by atoms with Crippen LogP contribution in [0, 0.1) is 11.6 Å². The number of amides is 2. The molecule has 2 amide bonds. The largest absolute Gasteiger partial charge is 0.371 e. The van der Waals surface area contributed by atoms with Crippen LogP contribution in [0.25, 0.3) is 0 Å². The SMILES string of the molecule is CSc1c(F)cc(NC(=O)N2CCOC3(CCC3)C2)cc1F. The van der Waals surface area contributed by atoms with E-state index in [1.807, 2.05) is 0 Å². The summed E-state index contributed by atoms with van der Waals surface area (Å²) in [5.41, 5.74) is -0.0682. The van der Waals surface area contributed by atoms with Gasteiger partial charge in [-0.1, -0.05) is 0 Å². The number of urea groups is 1. The van der Waals surface area contributed by atoms with Crippen LogP contribution in [0.5, 0.6) is 0 Å². The molecule has 1 spiro atoms. The number of anilines is 1. The molecule has 120 valence electrons. The number of rotatable bonds is 2. The van der Waals surface area contributed by atoms with Crippen molar-refractivity contribution in [2.75, 3.05) is 31.3 Å². The van der Waals surface area contributed by atoms with E-state index in [4.69, 9.17) is 4.74 Å². The number of thioether (sulfide) groups is 1. The number of hydrogen-bond donors (Lipinski definition) is 1. The maximum Gasteiger partial charge on any atom is 0.322 e. The van der Waals surface area contributed by atoms with E-state index in [0.29, 0.717) is 19.7 Å². The van der Waals surface area contributed by atoms with Crippen molar-refractivity contribution in [2.24, 2.45) is 0 Å². The molecule has 4 nitrogen and oxygen atoms in total. The third-order valence-electron chi connectivity index (χ3n) is 4.25. The normalized spacial score (nSPS) is 19.9. The summed E-state index contributed by atoms with van der Waals surface area (Å²) in [7, 11) is 0. The van der Waals surface area contributed by atoms with Crippen LogP contribution < -0.4 is 5.32 Å². The molecule has 1 heterocycles. The highest BCUT2D eigenvalue weighted by molar-refractivity contribution is 7.98. The van der Waals surface area contributed by atoms with E-state index in [1.54, 1.807) is 11.2 Å². The van der Waals surface area contributed by atoms with Crippen LogP contribution >= 0.6 is 11.8 Å². The molecule has 1 aliphatic carbocycles. The Kier molecular flexibility index (Phi) is 4.27. The van der Waals surface area contributed by atoms with Crippen molar-refractivity contribution in [3.05, 3.63) is 23.8 Å². The number of carbonyl (C=O) groups excluding carboxylic acids is 1. The Morgan fingerprint density at radius 3 is 2.59 bits per heavy atom. The van der Waals surface area contributed by atoms with E-state index in [1.165, 1.54) is 0 Å². The molecule has 7 heteroatoms. The van der Waals surface area contributed by atoms with E-state index in [-0.39, 0.29) is 22.2 Å². The minimum Gasteiger partial charge on any atom is -0.371 e. The zero-order valence-corrected chi connectivity index (χ0v) is 13.1. The summed E-state index contributed by atoms with van der Waals surface area (Å²) < 4.78 is 33.2. The molecule has 1 aliphatic heterocycles. The minimum atomic E-state index is -0.666. The Morgan fingerprint density at radius 2 is 2.05 bits per heavy atom. The number of nitrogens with one attached hydrogen (secondary N) is 1. The first-order chi connectivity index (χ1) is 10.5. The number of hydrogen-bond acceptors (Lipinski definition) is 3. The van der Waals surface area contributed by atoms with Gasteiger partial charge in [0, 0.05) is 12.2 Å². The molecule has 0 aromatic heterocycles. The molecule has 1 saturated carbocycles. The summed E-state index contributed by atoms with van der Waals surface area (Å²) in [6, 6.07) is 1.95. The molecule has 2 aliphatic rings. The first-order valence-corrected chi connectivity index (χ1v) is 8.48. The van der Waals surface area contributed by atoms with Gasteiger partial charge in [-0.3, -0.25) is 0 Å². The predicted molar refractivity (Wildman–Crippen MR) is 81.3 cm³/mol. The van der Waals surface area contributed by atoms with Gasteiger partial charge in [0.2, 0.25) is 0 Å². The molecule has 0 unspecified atom stereocenters. The van der Waals surface area contributed by atoms with Crippen molar-refractivity contribution in [3.63, 3.8) is 0 Å². The quantitative estimate of drug-likeness (QED) is 0.845. The van der Waals surface area contributed by atoms with Crippen molar-refractivity contribution in [1.82, 2.24) is 4.90 Å². The van der Waals surface area contributed by atoms with Crippen LogP contribution in [-0.2, 0) is 4.74 Å². The number of nitrogens with zero attached hydrogens (tertiary/aromatic N) is 1. The average Bonchev–Trinajstić information content (AvgIpc) is 2.45. The van der Waals surface area contributed by atoms with E-state index < -0.39 is 11.6 Å². The number of carbonyl (C=O) groups is 1. The summed E-state index contributed by atoms with van der Waals surface area (Å²) in [4.78, 5) is 13.9. The van der Waals surface area contributed by atoms with Crippen LogP contribution in [-0.4, -0.2) is 42.5 Å². The molecule has 22 heavy (non-hydrogen) atoms. The summed E-state index contributed by atoms with van der Waals surface area (Å²) in [5.74, 6) is -1.33. The lowest BCUT2D eigenvalue weighted by Gasteiger charge is -2.48. The van der Waals surface area contributed by atoms with Gasteiger partial charge in [0.05, 0.1) is 23.6 Å². The van der Waals surface area contributed by atoms with Crippen LogP contribution in [0.15, 0.2) is 17.0 Å². The highest BCUT2D eigenvalue weighted by atomic mass is 32.2. The predicted octanol–water partition coefficient (Wildman–Crippen LogP) is 3.47. The van der Waals surface area contributed by atoms with Gasteiger partial charge in [0.25, 0.3) is 0 Å². The highest BCUT2D eigenvalue weighted by Crippen LogP contribution is 2.38. The summed E-state index contributed by atoms with van der Waals surface area (Å²) in [6.07, 6.45) is 4.64. The lowest BCUT2D eigenvalue weighted by molar-refractivity contribution is -0.140. The van der Waals surface area contributed by atoms with Crippen molar-refractivity contribution < 1.29 is 18.3 Å². The molecule has 2 fully saturated rings. The molecule has 0 bridgehead atoms.